The molecular formula is C21H24N4O6S. The first-order valence-electron chi connectivity index (χ1n) is 9.76. The Balaban J connectivity index is 1.65. The minimum absolute atomic E-state index is 0.0209. The molecule has 1 saturated heterocycles. The largest absolute Gasteiger partial charge is 0.447 e. The first-order valence-corrected chi connectivity index (χ1v) is 11.2. The lowest BCUT2D eigenvalue weighted by Gasteiger charge is -2.18. The summed E-state index contributed by atoms with van der Waals surface area (Å²) in [6.45, 7) is 2.18. The standard InChI is InChI=1S/C21H24N4O6S/c1-14-17(8-5-9-18(14)25-10-11-31-21(25)28)23-19(26)13-22-20(27)15-6-4-7-16(12-15)32(29,30)24(2)3/h4-9,12H,10-11,13H2,1-3H3,(H,22,27)(H,23,26). The summed E-state index contributed by atoms with van der Waals surface area (Å²) in [6.07, 6.45) is -0.442. The van der Waals surface area contributed by atoms with Gasteiger partial charge in [-0.3, -0.25) is 14.5 Å². The number of rotatable bonds is 7. The lowest BCUT2D eigenvalue weighted by molar-refractivity contribution is -0.115. The minimum Gasteiger partial charge on any atom is -0.447 e. The molecule has 0 saturated carbocycles. The smallest absolute Gasteiger partial charge is 0.414 e. The molecule has 0 unspecified atom stereocenters. The van der Waals surface area contributed by atoms with Crippen molar-refractivity contribution in [2.75, 3.05) is 44.0 Å². The minimum atomic E-state index is -3.69. The maximum Gasteiger partial charge on any atom is 0.414 e. The Kier molecular flexibility index (Phi) is 6.80. The van der Waals surface area contributed by atoms with Gasteiger partial charge in [-0.2, -0.15) is 0 Å². The Hall–Kier alpha value is -3.44. The van der Waals surface area contributed by atoms with Crippen molar-refractivity contribution in [2.24, 2.45) is 0 Å². The van der Waals surface area contributed by atoms with Crippen LogP contribution in [0.2, 0.25) is 0 Å². The summed E-state index contributed by atoms with van der Waals surface area (Å²) in [5.74, 6) is -1.05. The van der Waals surface area contributed by atoms with E-state index < -0.39 is 27.9 Å². The summed E-state index contributed by atoms with van der Waals surface area (Å²) >= 11 is 0. The third kappa shape index (κ3) is 4.89. The molecule has 32 heavy (non-hydrogen) atoms. The van der Waals surface area contributed by atoms with Crippen LogP contribution in [0.4, 0.5) is 16.2 Å². The number of amides is 3. The average molecular weight is 461 g/mol. The highest BCUT2D eigenvalue weighted by molar-refractivity contribution is 7.89. The number of sulfonamides is 1. The van der Waals surface area contributed by atoms with Gasteiger partial charge >= 0.3 is 6.09 Å². The van der Waals surface area contributed by atoms with Crippen LogP contribution in [-0.2, 0) is 19.6 Å². The van der Waals surface area contributed by atoms with E-state index in [1.165, 1.54) is 43.3 Å². The van der Waals surface area contributed by atoms with E-state index in [9.17, 15) is 22.8 Å². The Morgan fingerprint density at radius 3 is 2.53 bits per heavy atom. The van der Waals surface area contributed by atoms with Crippen molar-refractivity contribution in [3.8, 4) is 0 Å². The molecule has 0 atom stereocenters. The van der Waals surface area contributed by atoms with Crippen LogP contribution in [-0.4, -0.2) is 64.4 Å². The van der Waals surface area contributed by atoms with Gasteiger partial charge in [0.15, 0.2) is 0 Å². The highest BCUT2D eigenvalue weighted by Crippen LogP contribution is 2.28. The van der Waals surface area contributed by atoms with E-state index in [0.717, 1.165) is 4.31 Å². The predicted octanol–water partition coefficient (Wildman–Crippen LogP) is 1.57. The number of hydrogen-bond donors (Lipinski definition) is 2. The Labute approximate surface area is 186 Å². The molecule has 2 aromatic carbocycles. The second-order valence-corrected chi connectivity index (χ2v) is 9.41. The van der Waals surface area contributed by atoms with Crippen molar-refractivity contribution in [1.29, 1.82) is 0 Å². The third-order valence-corrected chi connectivity index (χ3v) is 6.73. The Morgan fingerprint density at radius 2 is 1.88 bits per heavy atom. The summed E-state index contributed by atoms with van der Waals surface area (Å²) < 4.78 is 30.5. The highest BCUT2D eigenvalue weighted by atomic mass is 32.2. The molecule has 0 bridgehead atoms. The normalized spacial score (nSPS) is 13.8. The number of anilines is 2. The van der Waals surface area contributed by atoms with E-state index in [0.29, 0.717) is 30.1 Å². The average Bonchev–Trinajstić information content (AvgIpc) is 3.19. The van der Waals surface area contributed by atoms with E-state index in [2.05, 4.69) is 10.6 Å². The van der Waals surface area contributed by atoms with Crippen molar-refractivity contribution in [3.05, 3.63) is 53.6 Å². The molecule has 0 spiro atoms. The maximum absolute atomic E-state index is 12.4. The number of nitrogens with one attached hydrogen (secondary N) is 2. The molecule has 1 aliphatic heterocycles. The van der Waals surface area contributed by atoms with Gasteiger partial charge in [-0.25, -0.2) is 17.5 Å². The van der Waals surface area contributed by atoms with E-state index >= 15 is 0 Å². The van der Waals surface area contributed by atoms with Crippen molar-refractivity contribution < 1.29 is 27.5 Å². The van der Waals surface area contributed by atoms with Gasteiger partial charge in [0.25, 0.3) is 5.91 Å². The van der Waals surface area contributed by atoms with Gasteiger partial charge < -0.3 is 15.4 Å². The number of carbonyl (C=O) groups excluding carboxylic acids is 3. The fourth-order valence-electron chi connectivity index (χ4n) is 3.13. The number of carbonyl (C=O) groups is 3. The predicted molar refractivity (Wildman–Crippen MR) is 118 cm³/mol. The van der Waals surface area contributed by atoms with Gasteiger partial charge in [-0.15, -0.1) is 0 Å². The molecule has 2 N–H and O–H groups in total. The molecular weight excluding hydrogens is 436 g/mol. The number of nitrogens with zero attached hydrogens (tertiary/aromatic N) is 2. The number of cyclic esters (lactones) is 1. The fourth-order valence-corrected chi connectivity index (χ4v) is 4.08. The zero-order valence-corrected chi connectivity index (χ0v) is 18.7. The molecule has 2 aromatic rings. The quantitative estimate of drug-likeness (QED) is 0.646. The van der Waals surface area contributed by atoms with E-state index in [1.807, 2.05) is 0 Å². The number of benzene rings is 2. The molecule has 0 radical (unpaired) electrons. The van der Waals surface area contributed by atoms with Gasteiger partial charge in [0.05, 0.1) is 23.7 Å². The van der Waals surface area contributed by atoms with Crippen molar-refractivity contribution in [2.45, 2.75) is 11.8 Å². The van der Waals surface area contributed by atoms with Crippen LogP contribution in [0.1, 0.15) is 15.9 Å². The van der Waals surface area contributed by atoms with Crippen LogP contribution in [0.25, 0.3) is 0 Å². The zero-order chi connectivity index (χ0) is 23.5. The van der Waals surface area contributed by atoms with Crippen molar-refractivity contribution >= 4 is 39.3 Å². The maximum atomic E-state index is 12.4. The molecule has 3 amide bonds. The van der Waals surface area contributed by atoms with E-state index in [4.69, 9.17) is 4.74 Å². The zero-order valence-electron chi connectivity index (χ0n) is 17.9. The monoisotopic (exact) mass is 460 g/mol. The fraction of sp³-hybridized carbons (Fsp3) is 0.286. The molecule has 10 nitrogen and oxygen atoms in total. The first-order chi connectivity index (χ1) is 15.1. The van der Waals surface area contributed by atoms with E-state index in [-0.39, 0.29) is 17.0 Å². The van der Waals surface area contributed by atoms with Gasteiger partial charge in [0.2, 0.25) is 15.9 Å². The first kappa shape index (κ1) is 23.2. The van der Waals surface area contributed by atoms with Gasteiger partial charge in [-0.05, 0) is 42.8 Å². The van der Waals surface area contributed by atoms with Crippen LogP contribution >= 0.6 is 0 Å². The van der Waals surface area contributed by atoms with Crippen LogP contribution in [0.3, 0.4) is 0 Å². The summed E-state index contributed by atoms with van der Waals surface area (Å²) in [6, 6.07) is 10.7. The van der Waals surface area contributed by atoms with Crippen LogP contribution in [0.5, 0.6) is 0 Å². The van der Waals surface area contributed by atoms with Gasteiger partial charge in [0.1, 0.15) is 6.61 Å². The molecule has 3 rings (SSSR count). The Bertz CT molecular complexity index is 1160. The Morgan fingerprint density at radius 1 is 1.16 bits per heavy atom. The number of hydrogen-bond acceptors (Lipinski definition) is 6. The molecule has 11 heteroatoms. The van der Waals surface area contributed by atoms with Crippen LogP contribution in [0, 0.1) is 6.92 Å². The van der Waals surface area contributed by atoms with Gasteiger partial charge in [0, 0.05) is 25.3 Å². The highest BCUT2D eigenvalue weighted by Gasteiger charge is 2.25. The molecule has 1 fully saturated rings. The molecule has 170 valence electrons. The molecule has 0 aliphatic carbocycles. The van der Waals surface area contributed by atoms with Crippen molar-refractivity contribution in [3.63, 3.8) is 0 Å². The molecule has 0 aromatic heterocycles. The van der Waals surface area contributed by atoms with Crippen molar-refractivity contribution in [1.82, 2.24) is 9.62 Å². The topological polar surface area (TPSA) is 125 Å². The molecule has 1 aliphatic rings. The lowest BCUT2D eigenvalue weighted by atomic mass is 10.1. The van der Waals surface area contributed by atoms with Crippen LogP contribution in [0.15, 0.2) is 47.4 Å². The number of ether oxygens (including phenoxy) is 1. The van der Waals surface area contributed by atoms with E-state index in [1.54, 1.807) is 25.1 Å². The van der Waals surface area contributed by atoms with Crippen LogP contribution < -0.4 is 15.5 Å². The summed E-state index contributed by atoms with van der Waals surface area (Å²) in [7, 11) is -0.890. The SMILES string of the molecule is Cc1c(NC(=O)CNC(=O)c2cccc(S(=O)(=O)N(C)C)c2)cccc1N1CCOC1=O. The second-order valence-electron chi connectivity index (χ2n) is 7.26. The summed E-state index contributed by atoms with van der Waals surface area (Å²) in [4.78, 5) is 38.1. The lowest BCUT2D eigenvalue weighted by Crippen LogP contribution is -2.33. The second kappa shape index (κ2) is 9.37. The summed E-state index contributed by atoms with van der Waals surface area (Å²) in [5.41, 5.74) is 1.94. The van der Waals surface area contributed by atoms with Gasteiger partial charge in [-0.1, -0.05) is 12.1 Å². The summed E-state index contributed by atoms with van der Waals surface area (Å²) in [5, 5.41) is 5.19. The molecule has 1 heterocycles. The third-order valence-electron chi connectivity index (χ3n) is 4.92.